The van der Waals surface area contributed by atoms with Gasteiger partial charge in [0.1, 0.15) is 0 Å². The minimum absolute atomic E-state index is 0.0992. The van der Waals surface area contributed by atoms with E-state index in [1.807, 2.05) is 19.2 Å². The Hall–Kier alpha value is -0.830. The smallest absolute Gasteiger partial charge is 0.0599 e. The fourth-order valence-electron chi connectivity index (χ4n) is 2.62. The van der Waals surface area contributed by atoms with Crippen LogP contribution in [0, 0.1) is 5.92 Å². The summed E-state index contributed by atoms with van der Waals surface area (Å²) in [5.74, 6) is 0.655. The van der Waals surface area contributed by atoms with E-state index in [9.17, 15) is 0 Å². The first-order chi connectivity index (χ1) is 10.0. The molecular weight excluding hydrogens is 346 g/mol. The average Bonchev–Trinajstić information content (AvgIpc) is 2.44. The summed E-state index contributed by atoms with van der Waals surface area (Å²) in [5, 5.41) is 4.15. The van der Waals surface area contributed by atoms with Crippen molar-refractivity contribution in [3.8, 4) is 0 Å². The molecule has 0 aliphatic heterocycles. The van der Waals surface area contributed by atoms with Gasteiger partial charge in [0.2, 0.25) is 0 Å². The molecule has 0 saturated carbocycles. The molecule has 2 aromatic carbocycles. The van der Waals surface area contributed by atoms with Gasteiger partial charge in [-0.2, -0.15) is 0 Å². The Morgan fingerprint density at radius 2 is 1.86 bits per heavy atom. The molecule has 0 aromatic heterocycles. The summed E-state index contributed by atoms with van der Waals surface area (Å²) < 4.78 is 0.931. The number of hydrogen-bond donors (Lipinski definition) is 1. The zero-order valence-corrected chi connectivity index (χ0v) is 15.0. The summed E-state index contributed by atoms with van der Waals surface area (Å²) in [6.45, 7) is 4.49. The number of hydrogen-bond acceptors (Lipinski definition) is 1. The molecule has 21 heavy (non-hydrogen) atoms. The van der Waals surface area contributed by atoms with Crippen LogP contribution in [-0.2, 0) is 6.42 Å². The Kier molecular flexibility index (Phi) is 5.86. The van der Waals surface area contributed by atoms with E-state index in [0.29, 0.717) is 5.92 Å². The van der Waals surface area contributed by atoms with Crippen LogP contribution in [0.3, 0.4) is 0 Å². The molecule has 0 fully saturated rings. The zero-order valence-electron chi connectivity index (χ0n) is 12.7. The van der Waals surface area contributed by atoms with E-state index in [4.69, 9.17) is 11.6 Å². The van der Waals surface area contributed by atoms with Crippen molar-refractivity contribution in [1.29, 1.82) is 0 Å². The van der Waals surface area contributed by atoms with E-state index in [1.165, 1.54) is 11.1 Å². The molecule has 112 valence electrons. The van der Waals surface area contributed by atoms with Crippen LogP contribution in [0.5, 0.6) is 0 Å². The molecule has 0 aliphatic rings. The number of benzene rings is 2. The van der Waals surface area contributed by atoms with Crippen LogP contribution < -0.4 is 5.32 Å². The summed E-state index contributed by atoms with van der Waals surface area (Å²) >= 11 is 9.96. The second kappa shape index (κ2) is 7.44. The second-order valence-electron chi connectivity index (χ2n) is 5.71. The lowest BCUT2D eigenvalue weighted by Crippen LogP contribution is -2.18. The van der Waals surface area contributed by atoms with Gasteiger partial charge in [-0.25, -0.2) is 0 Å². The topological polar surface area (TPSA) is 12.0 Å². The van der Waals surface area contributed by atoms with Gasteiger partial charge in [0.15, 0.2) is 0 Å². The molecule has 0 radical (unpaired) electrons. The van der Waals surface area contributed by atoms with Crippen LogP contribution in [0.1, 0.15) is 36.6 Å². The van der Waals surface area contributed by atoms with Crippen LogP contribution in [-0.4, -0.2) is 7.05 Å². The van der Waals surface area contributed by atoms with E-state index < -0.39 is 0 Å². The monoisotopic (exact) mass is 365 g/mol. The third-order valence-corrected chi connectivity index (χ3v) is 4.82. The lowest BCUT2D eigenvalue weighted by molar-refractivity contribution is 0.643. The highest BCUT2D eigenvalue weighted by atomic mass is 79.9. The first-order valence-corrected chi connectivity index (χ1v) is 8.40. The third-order valence-electron chi connectivity index (χ3n) is 3.51. The van der Waals surface area contributed by atoms with Crippen LogP contribution in [0.15, 0.2) is 46.9 Å². The highest BCUT2D eigenvalue weighted by Gasteiger charge is 2.16. The first-order valence-electron chi connectivity index (χ1n) is 7.23. The van der Waals surface area contributed by atoms with Crippen LogP contribution in [0.4, 0.5) is 0 Å². The molecule has 0 spiro atoms. The molecule has 1 unspecified atom stereocenters. The number of rotatable bonds is 5. The van der Waals surface area contributed by atoms with Gasteiger partial charge in [-0.1, -0.05) is 61.8 Å². The van der Waals surface area contributed by atoms with Gasteiger partial charge in [0, 0.05) is 4.47 Å². The standard InChI is InChI=1S/C18H21BrClN/c1-12(2)10-13-6-4-7-14(11-13)18(21-3)15-8-5-9-16(19)17(15)20/h4-9,11-12,18,21H,10H2,1-3H3. The predicted molar refractivity (Wildman–Crippen MR) is 95.0 cm³/mol. The molecule has 1 nitrogen and oxygen atoms in total. The van der Waals surface area contributed by atoms with Crippen LogP contribution in [0.2, 0.25) is 5.02 Å². The van der Waals surface area contributed by atoms with Crippen LogP contribution >= 0.6 is 27.5 Å². The fraction of sp³-hybridized carbons (Fsp3) is 0.333. The van der Waals surface area contributed by atoms with Crippen molar-refractivity contribution in [2.75, 3.05) is 7.05 Å². The Labute approximate surface area is 140 Å². The molecule has 3 heteroatoms. The van der Waals surface area contributed by atoms with Crippen molar-refractivity contribution < 1.29 is 0 Å². The minimum atomic E-state index is 0.0992. The highest BCUT2D eigenvalue weighted by molar-refractivity contribution is 9.10. The molecular formula is C18H21BrClN. The Balaban J connectivity index is 2.39. The van der Waals surface area contributed by atoms with Crippen molar-refractivity contribution in [3.63, 3.8) is 0 Å². The highest BCUT2D eigenvalue weighted by Crippen LogP contribution is 2.33. The van der Waals surface area contributed by atoms with E-state index in [-0.39, 0.29) is 6.04 Å². The Morgan fingerprint density at radius 1 is 1.14 bits per heavy atom. The van der Waals surface area contributed by atoms with Gasteiger partial charge < -0.3 is 5.32 Å². The first kappa shape index (κ1) is 16.5. The zero-order chi connectivity index (χ0) is 15.4. The summed E-state index contributed by atoms with van der Waals surface area (Å²) in [7, 11) is 1.97. The van der Waals surface area contributed by atoms with Crippen molar-refractivity contribution in [3.05, 3.63) is 68.7 Å². The molecule has 0 aliphatic carbocycles. The molecule has 2 aromatic rings. The Bertz CT molecular complexity index is 610. The molecule has 1 atom stereocenters. The molecule has 0 heterocycles. The van der Waals surface area contributed by atoms with Gasteiger partial charge in [-0.3, -0.25) is 0 Å². The van der Waals surface area contributed by atoms with Gasteiger partial charge in [0.05, 0.1) is 11.1 Å². The van der Waals surface area contributed by atoms with Crippen molar-refractivity contribution in [2.24, 2.45) is 5.92 Å². The van der Waals surface area contributed by atoms with Crippen molar-refractivity contribution in [2.45, 2.75) is 26.3 Å². The van der Waals surface area contributed by atoms with Gasteiger partial charge in [0.25, 0.3) is 0 Å². The number of halogens is 2. The number of nitrogens with one attached hydrogen (secondary N) is 1. The van der Waals surface area contributed by atoms with Gasteiger partial charge in [-0.15, -0.1) is 0 Å². The minimum Gasteiger partial charge on any atom is -0.309 e. The fourth-order valence-corrected chi connectivity index (χ4v) is 3.23. The summed E-state index contributed by atoms with van der Waals surface area (Å²) in [6, 6.07) is 14.9. The molecule has 0 saturated heterocycles. The summed E-state index contributed by atoms with van der Waals surface area (Å²) in [6.07, 6.45) is 1.09. The quantitative estimate of drug-likeness (QED) is 0.725. The summed E-state index contributed by atoms with van der Waals surface area (Å²) in [5.41, 5.74) is 3.71. The lowest BCUT2D eigenvalue weighted by atomic mass is 9.94. The maximum atomic E-state index is 6.45. The van der Waals surface area contributed by atoms with Gasteiger partial charge in [-0.05, 0) is 58.1 Å². The summed E-state index contributed by atoms with van der Waals surface area (Å²) in [4.78, 5) is 0. The van der Waals surface area contributed by atoms with E-state index in [2.05, 4.69) is 65.4 Å². The van der Waals surface area contributed by atoms with Crippen molar-refractivity contribution >= 4 is 27.5 Å². The average molecular weight is 367 g/mol. The predicted octanol–water partition coefficient (Wildman–Crippen LogP) is 5.61. The SMILES string of the molecule is CNC(c1cccc(CC(C)C)c1)c1cccc(Br)c1Cl. The van der Waals surface area contributed by atoms with E-state index in [0.717, 1.165) is 21.5 Å². The molecule has 1 N–H and O–H groups in total. The maximum Gasteiger partial charge on any atom is 0.0599 e. The maximum absolute atomic E-state index is 6.45. The van der Waals surface area contributed by atoms with Crippen molar-refractivity contribution in [1.82, 2.24) is 5.32 Å². The van der Waals surface area contributed by atoms with Crippen LogP contribution in [0.25, 0.3) is 0 Å². The lowest BCUT2D eigenvalue weighted by Gasteiger charge is -2.20. The third kappa shape index (κ3) is 4.09. The largest absolute Gasteiger partial charge is 0.309 e. The molecule has 2 rings (SSSR count). The normalized spacial score (nSPS) is 12.7. The molecule has 0 amide bonds. The van der Waals surface area contributed by atoms with Gasteiger partial charge >= 0.3 is 0 Å². The van der Waals surface area contributed by atoms with E-state index in [1.54, 1.807) is 0 Å². The second-order valence-corrected chi connectivity index (χ2v) is 6.94. The van der Waals surface area contributed by atoms with E-state index >= 15 is 0 Å². The molecule has 0 bridgehead atoms. The Morgan fingerprint density at radius 3 is 2.52 bits per heavy atom.